The van der Waals surface area contributed by atoms with Gasteiger partial charge in [-0.3, -0.25) is 9.59 Å². The Kier molecular flexibility index (Phi) is 5.38. The third-order valence-corrected chi connectivity index (χ3v) is 3.55. The number of carbonyl (C=O) groups is 2. The first kappa shape index (κ1) is 14.7. The van der Waals surface area contributed by atoms with E-state index < -0.39 is 11.9 Å². The van der Waals surface area contributed by atoms with E-state index in [2.05, 4.69) is 6.58 Å². The van der Waals surface area contributed by atoms with Crippen LogP contribution in [0.4, 0.5) is 0 Å². The molecule has 4 nitrogen and oxygen atoms in total. The van der Waals surface area contributed by atoms with E-state index in [1.165, 1.54) is 0 Å². The summed E-state index contributed by atoms with van der Waals surface area (Å²) in [5.74, 6) is -1.71. The molecule has 18 heavy (non-hydrogen) atoms. The third kappa shape index (κ3) is 3.59. The largest absolute Gasteiger partial charge is 0.481 e. The Morgan fingerprint density at radius 1 is 1.28 bits per heavy atom. The molecule has 102 valence electrons. The number of carboxylic acid groups (broad SMARTS) is 1. The third-order valence-electron chi connectivity index (χ3n) is 3.55. The number of amides is 1. The molecule has 1 saturated carbocycles. The zero-order valence-electron chi connectivity index (χ0n) is 11.3. The average molecular weight is 253 g/mol. The number of rotatable bonds is 5. The van der Waals surface area contributed by atoms with Crippen molar-refractivity contribution in [3.8, 4) is 0 Å². The van der Waals surface area contributed by atoms with E-state index in [4.69, 9.17) is 0 Å². The van der Waals surface area contributed by atoms with Crippen LogP contribution in [0.3, 0.4) is 0 Å². The molecule has 0 aliphatic heterocycles. The normalized spacial score (nSPS) is 23.4. The molecule has 0 radical (unpaired) electrons. The van der Waals surface area contributed by atoms with Crippen molar-refractivity contribution >= 4 is 11.9 Å². The first-order chi connectivity index (χ1) is 8.47. The highest BCUT2D eigenvalue weighted by Gasteiger charge is 2.37. The molecule has 0 heterocycles. The fourth-order valence-electron chi connectivity index (χ4n) is 2.63. The molecule has 1 fully saturated rings. The molecule has 1 amide bonds. The maximum Gasteiger partial charge on any atom is 0.307 e. The molecule has 2 unspecified atom stereocenters. The van der Waals surface area contributed by atoms with Crippen LogP contribution in [0.2, 0.25) is 0 Å². The average Bonchev–Trinajstić information content (AvgIpc) is 2.34. The Bertz CT molecular complexity index is 338. The minimum atomic E-state index is -0.834. The zero-order valence-corrected chi connectivity index (χ0v) is 11.3. The van der Waals surface area contributed by atoms with Crippen molar-refractivity contribution in [2.45, 2.75) is 39.5 Å². The van der Waals surface area contributed by atoms with Gasteiger partial charge in [-0.05, 0) is 26.7 Å². The molecule has 1 rings (SSSR count). The van der Waals surface area contributed by atoms with Crippen LogP contribution < -0.4 is 0 Å². The molecule has 0 aromatic rings. The molecule has 0 saturated heterocycles. The number of likely N-dealkylation sites (N-methyl/N-ethyl adjacent to an activating group) is 1. The molecule has 1 aliphatic carbocycles. The second-order valence-electron chi connectivity index (χ2n) is 5.15. The zero-order chi connectivity index (χ0) is 13.7. The van der Waals surface area contributed by atoms with Crippen molar-refractivity contribution < 1.29 is 14.7 Å². The number of hydrogen-bond acceptors (Lipinski definition) is 2. The maximum absolute atomic E-state index is 12.4. The monoisotopic (exact) mass is 253 g/mol. The highest BCUT2D eigenvalue weighted by atomic mass is 16.4. The van der Waals surface area contributed by atoms with E-state index >= 15 is 0 Å². The van der Waals surface area contributed by atoms with E-state index in [1.807, 2.05) is 13.8 Å². The molecular formula is C14H23NO3. The summed E-state index contributed by atoms with van der Waals surface area (Å²) >= 11 is 0. The Morgan fingerprint density at radius 2 is 1.83 bits per heavy atom. The van der Waals surface area contributed by atoms with Crippen molar-refractivity contribution in [2.75, 3.05) is 13.1 Å². The van der Waals surface area contributed by atoms with E-state index in [0.29, 0.717) is 25.9 Å². The van der Waals surface area contributed by atoms with Gasteiger partial charge in [0.1, 0.15) is 0 Å². The van der Waals surface area contributed by atoms with Gasteiger partial charge in [0, 0.05) is 13.1 Å². The van der Waals surface area contributed by atoms with Gasteiger partial charge in [-0.25, -0.2) is 0 Å². The van der Waals surface area contributed by atoms with Gasteiger partial charge in [-0.15, -0.1) is 0 Å². The molecule has 0 spiro atoms. The number of nitrogens with zero attached hydrogens (tertiary/aromatic N) is 1. The summed E-state index contributed by atoms with van der Waals surface area (Å²) in [6, 6.07) is 0. The van der Waals surface area contributed by atoms with Crippen molar-refractivity contribution in [2.24, 2.45) is 11.8 Å². The molecular weight excluding hydrogens is 230 g/mol. The minimum Gasteiger partial charge on any atom is -0.481 e. The van der Waals surface area contributed by atoms with Crippen molar-refractivity contribution in [1.29, 1.82) is 0 Å². The SMILES string of the molecule is C=C(C)CN(CC)C(=O)C1CCCCC1C(=O)O. The van der Waals surface area contributed by atoms with Crippen LogP contribution >= 0.6 is 0 Å². The molecule has 0 aromatic carbocycles. The lowest BCUT2D eigenvalue weighted by molar-refractivity contribution is -0.152. The van der Waals surface area contributed by atoms with Crippen LogP contribution in [0, 0.1) is 11.8 Å². The van der Waals surface area contributed by atoms with Crippen LogP contribution in [-0.2, 0) is 9.59 Å². The fraction of sp³-hybridized carbons (Fsp3) is 0.714. The van der Waals surface area contributed by atoms with E-state index in [9.17, 15) is 14.7 Å². The fourth-order valence-corrected chi connectivity index (χ4v) is 2.63. The van der Waals surface area contributed by atoms with Crippen molar-refractivity contribution in [3.63, 3.8) is 0 Å². The first-order valence-corrected chi connectivity index (χ1v) is 6.63. The number of carbonyl (C=O) groups excluding carboxylic acids is 1. The summed E-state index contributed by atoms with van der Waals surface area (Å²) in [5, 5.41) is 9.21. The maximum atomic E-state index is 12.4. The van der Waals surface area contributed by atoms with Crippen LogP contribution in [0.25, 0.3) is 0 Å². The van der Waals surface area contributed by atoms with Gasteiger partial charge in [0.2, 0.25) is 5.91 Å². The summed E-state index contributed by atoms with van der Waals surface area (Å²) in [7, 11) is 0. The topological polar surface area (TPSA) is 57.6 Å². The van der Waals surface area contributed by atoms with Crippen LogP contribution in [0.15, 0.2) is 12.2 Å². The number of aliphatic carboxylic acids is 1. The summed E-state index contributed by atoms with van der Waals surface area (Å²) in [6.45, 7) is 8.74. The predicted octanol–water partition coefficient (Wildman–Crippen LogP) is 2.30. The summed E-state index contributed by atoms with van der Waals surface area (Å²) < 4.78 is 0. The van der Waals surface area contributed by atoms with Gasteiger partial charge in [0.25, 0.3) is 0 Å². The van der Waals surface area contributed by atoms with Crippen molar-refractivity contribution in [3.05, 3.63) is 12.2 Å². The lowest BCUT2D eigenvalue weighted by atomic mass is 9.78. The van der Waals surface area contributed by atoms with Gasteiger partial charge in [0.15, 0.2) is 0 Å². The van der Waals surface area contributed by atoms with Gasteiger partial charge >= 0.3 is 5.97 Å². The summed E-state index contributed by atoms with van der Waals surface area (Å²) in [5.41, 5.74) is 0.924. The van der Waals surface area contributed by atoms with Gasteiger partial charge in [-0.1, -0.05) is 25.0 Å². The van der Waals surface area contributed by atoms with E-state index in [0.717, 1.165) is 18.4 Å². The van der Waals surface area contributed by atoms with Crippen molar-refractivity contribution in [1.82, 2.24) is 4.90 Å². The summed E-state index contributed by atoms with van der Waals surface area (Å²) in [6.07, 6.45) is 3.18. The highest BCUT2D eigenvalue weighted by Crippen LogP contribution is 2.31. The van der Waals surface area contributed by atoms with Gasteiger partial charge in [-0.2, -0.15) is 0 Å². The summed E-state index contributed by atoms with van der Waals surface area (Å²) in [4.78, 5) is 25.3. The molecule has 1 aliphatic rings. The molecule has 1 N–H and O–H groups in total. The second-order valence-corrected chi connectivity index (χ2v) is 5.15. The van der Waals surface area contributed by atoms with Crippen LogP contribution in [0.1, 0.15) is 39.5 Å². The van der Waals surface area contributed by atoms with Gasteiger partial charge in [0.05, 0.1) is 11.8 Å². The van der Waals surface area contributed by atoms with Gasteiger partial charge < -0.3 is 10.0 Å². The Labute approximate surface area is 109 Å². The smallest absolute Gasteiger partial charge is 0.307 e. The minimum absolute atomic E-state index is 0.0207. The molecule has 2 atom stereocenters. The Morgan fingerprint density at radius 3 is 2.28 bits per heavy atom. The molecule has 4 heteroatoms. The Hall–Kier alpha value is -1.32. The Balaban J connectivity index is 2.78. The number of carboxylic acids is 1. The molecule has 0 aromatic heterocycles. The van der Waals surface area contributed by atoms with Crippen LogP contribution in [0.5, 0.6) is 0 Å². The lowest BCUT2D eigenvalue weighted by Crippen LogP contribution is -2.43. The molecule has 0 bridgehead atoms. The quantitative estimate of drug-likeness (QED) is 0.765. The first-order valence-electron chi connectivity index (χ1n) is 6.63. The predicted molar refractivity (Wildman–Crippen MR) is 70.2 cm³/mol. The lowest BCUT2D eigenvalue weighted by Gasteiger charge is -2.32. The second kappa shape index (κ2) is 6.57. The number of hydrogen-bond donors (Lipinski definition) is 1. The highest BCUT2D eigenvalue weighted by molar-refractivity contribution is 5.85. The standard InChI is InChI=1S/C14H23NO3/c1-4-15(9-10(2)3)13(16)11-7-5-6-8-12(11)14(17)18/h11-12H,2,4-9H2,1,3H3,(H,17,18). The van der Waals surface area contributed by atoms with Crippen LogP contribution in [-0.4, -0.2) is 35.0 Å². The van der Waals surface area contributed by atoms with E-state index in [-0.39, 0.29) is 11.8 Å². The van der Waals surface area contributed by atoms with E-state index in [1.54, 1.807) is 4.90 Å².